The van der Waals surface area contributed by atoms with Crippen molar-refractivity contribution in [3.05, 3.63) is 18.6 Å². The number of nitrogens with one attached hydrogen (secondary N) is 1. The van der Waals surface area contributed by atoms with Gasteiger partial charge in [-0.05, 0) is 25.8 Å². The molecule has 0 amide bonds. The van der Waals surface area contributed by atoms with Gasteiger partial charge in [0.25, 0.3) is 0 Å². The number of hydrogen-bond donors (Lipinski definition) is 1. The van der Waals surface area contributed by atoms with Crippen molar-refractivity contribution in [2.75, 3.05) is 11.9 Å². The summed E-state index contributed by atoms with van der Waals surface area (Å²) in [5, 5.41) is 3.38. The summed E-state index contributed by atoms with van der Waals surface area (Å²) in [7, 11) is 0. The number of rotatable bonds is 2. The highest BCUT2D eigenvalue weighted by Crippen LogP contribution is 2.16. The molecule has 1 aromatic heterocycles. The first-order valence-electron chi connectivity index (χ1n) is 4.99. The average molecular weight is 193 g/mol. The SMILES string of the molecule is CC1CC(Nc2ccncn2)CCO1. The topological polar surface area (TPSA) is 47.0 Å². The zero-order valence-corrected chi connectivity index (χ0v) is 8.31. The number of anilines is 1. The molecule has 0 bridgehead atoms. The van der Waals surface area contributed by atoms with Gasteiger partial charge in [-0.3, -0.25) is 0 Å². The summed E-state index contributed by atoms with van der Waals surface area (Å²) in [5.74, 6) is 0.902. The molecule has 1 aromatic rings. The number of ether oxygens (including phenoxy) is 1. The summed E-state index contributed by atoms with van der Waals surface area (Å²) in [6.45, 7) is 2.94. The highest BCUT2D eigenvalue weighted by atomic mass is 16.5. The molecule has 0 aromatic carbocycles. The van der Waals surface area contributed by atoms with Crippen molar-refractivity contribution in [1.82, 2.24) is 9.97 Å². The Balaban J connectivity index is 1.91. The number of nitrogens with zero attached hydrogens (tertiary/aromatic N) is 2. The van der Waals surface area contributed by atoms with E-state index >= 15 is 0 Å². The Hall–Kier alpha value is -1.16. The second-order valence-corrected chi connectivity index (χ2v) is 3.64. The van der Waals surface area contributed by atoms with E-state index in [9.17, 15) is 0 Å². The standard InChI is InChI=1S/C10H15N3O/c1-8-6-9(3-5-14-8)13-10-2-4-11-7-12-10/h2,4,7-9H,3,5-6H2,1H3,(H,11,12,13). The van der Waals surface area contributed by atoms with E-state index in [-0.39, 0.29) is 0 Å². The largest absolute Gasteiger partial charge is 0.378 e. The molecule has 1 fully saturated rings. The Labute approximate surface area is 83.7 Å². The van der Waals surface area contributed by atoms with Gasteiger partial charge in [-0.1, -0.05) is 0 Å². The van der Waals surface area contributed by atoms with E-state index < -0.39 is 0 Å². The highest BCUT2D eigenvalue weighted by Gasteiger charge is 2.18. The van der Waals surface area contributed by atoms with Gasteiger partial charge in [0, 0.05) is 18.8 Å². The fourth-order valence-electron chi connectivity index (χ4n) is 1.71. The van der Waals surface area contributed by atoms with Crippen molar-refractivity contribution in [3.63, 3.8) is 0 Å². The molecule has 76 valence electrons. The molecule has 0 saturated carbocycles. The Kier molecular flexibility index (Phi) is 2.93. The molecule has 2 heterocycles. The molecule has 0 radical (unpaired) electrons. The summed E-state index contributed by atoms with van der Waals surface area (Å²) in [6.07, 6.45) is 5.75. The van der Waals surface area contributed by atoms with E-state index in [0.717, 1.165) is 25.3 Å². The van der Waals surface area contributed by atoms with Gasteiger partial charge in [-0.15, -0.1) is 0 Å². The van der Waals surface area contributed by atoms with Crippen LogP contribution < -0.4 is 5.32 Å². The highest BCUT2D eigenvalue weighted by molar-refractivity contribution is 5.33. The molecule has 1 saturated heterocycles. The normalized spacial score (nSPS) is 27.2. The monoisotopic (exact) mass is 193 g/mol. The van der Waals surface area contributed by atoms with Crippen LogP contribution in [0, 0.1) is 0 Å². The lowest BCUT2D eigenvalue weighted by Gasteiger charge is -2.28. The van der Waals surface area contributed by atoms with Gasteiger partial charge in [0.2, 0.25) is 0 Å². The second-order valence-electron chi connectivity index (χ2n) is 3.64. The van der Waals surface area contributed by atoms with Crippen molar-refractivity contribution in [3.8, 4) is 0 Å². The molecule has 4 nitrogen and oxygen atoms in total. The summed E-state index contributed by atoms with van der Waals surface area (Å²) < 4.78 is 5.47. The van der Waals surface area contributed by atoms with Gasteiger partial charge in [0.05, 0.1) is 6.10 Å². The Morgan fingerprint density at radius 2 is 2.50 bits per heavy atom. The molecule has 1 aliphatic rings. The van der Waals surface area contributed by atoms with Crippen LogP contribution in [0.25, 0.3) is 0 Å². The van der Waals surface area contributed by atoms with Gasteiger partial charge >= 0.3 is 0 Å². The van der Waals surface area contributed by atoms with Gasteiger partial charge in [-0.2, -0.15) is 0 Å². The van der Waals surface area contributed by atoms with E-state index in [2.05, 4.69) is 22.2 Å². The van der Waals surface area contributed by atoms with Crippen LogP contribution in [0.4, 0.5) is 5.82 Å². The predicted molar refractivity (Wildman–Crippen MR) is 54.1 cm³/mol. The summed E-state index contributed by atoms with van der Waals surface area (Å²) in [5.41, 5.74) is 0. The third-order valence-electron chi connectivity index (χ3n) is 2.42. The molecule has 0 spiro atoms. The molecule has 1 aliphatic heterocycles. The first kappa shape index (κ1) is 9.40. The Morgan fingerprint density at radius 3 is 3.21 bits per heavy atom. The van der Waals surface area contributed by atoms with Crippen molar-refractivity contribution in [1.29, 1.82) is 0 Å². The zero-order chi connectivity index (χ0) is 9.80. The molecule has 4 heteroatoms. The van der Waals surface area contributed by atoms with Crippen LogP contribution >= 0.6 is 0 Å². The maximum Gasteiger partial charge on any atom is 0.129 e. The Morgan fingerprint density at radius 1 is 1.57 bits per heavy atom. The molecular formula is C10H15N3O. The quantitative estimate of drug-likeness (QED) is 0.772. The number of aromatic nitrogens is 2. The lowest BCUT2D eigenvalue weighted by atomic mass is 10.0. The molecule has 2 unspecified atom stereocenters. The van der Waals surface area contributed by atoms with Crippen LogP contribution in [0.3, 0.4) is 0 Å². The fraction of sp³-hybridized carbons (Fsp3) is 0.600. The van der Waals surface area contributed by atoms with E-state index in [1.807, 2.05) is 6.07 Å². The van der Waals surface area contributed by atoms with Crippen molar-refractivity contribution < 1.29 is 4.74 Å². The average Bonchev–Trinajstić information content (AvgIpc) is 2.19. The van der Waals surface area contributed by atoms with Crippen molar-refractivity contribution in [2.45, 2.75) is 31.9 Å². The minimum atomic E-state index is 0.350. The molecule has 2 atom stereocenters. The van der Waals surface area contributed by atoms with E-state index in [1.54, 1.807) is 12.5 Å². The van der Waals surface area contributed by atoms with E-state index in [1.165, 1.54) is 0 Å². The lowest BCUT2D eigenvalue weighted by Crippen LogP contribution is -2.32. The molecule has 2 rings (SSSR count). The predicted octanol–water partition coefficient (Wildman–Crippen LogP) is 1.46. The van der Waals surface area contributed by atoms with Crippen LogP contribution in [0.2, 0.25) is 0 Å². The van der Waals surface area contributed by atoms with Crippen molar-refractivity contribution in [2.24, 2.45) is 0 Å². The Bertz CT molecular complexity index is 278. The third kappa shape index (κ3) is 2.42. The molecular weight excluding hydrogens is 178 g/mol. The number of hydrogen-bond acceptors (Lipinski definition) is 4. The molecule has 0 aliphatic carbocycles. The van der Waals surface area contributed by atoms with E-state index in [0.29, 0.717) is 12.1 Å². The van der Waals surface area contributed by atoms with Crippen LogP contribution in [0.1, 0.15) is 19.8 Å². The summed E-state index contributed by atoms with van der Waals surface area (Å²) >= 11 is 0. The van der Waals surface area contributed by atoms with Crippen LogP contribution in [0.15, 0.2) is 18.6 Å². The van der Waals surface area contributed by atoms with E-state index in [4.69, 9.17) is 4.74 Å². The second kappa shape index (κ2) is 4.37. The first-order chi connectivity index (χ1) is 6.84. The maximum atomic E-state index is 5.47. The van der Waals surface area contributed by atoms with Gasteiger partial charge in [0.15, 0.2) is 0 Å². The third-order valence-corrected chi connectivity index (χ3v) is 2.42. The smallest absolute Gasteiger partial charge is 0.129 e. The van der Waals surface area contributed by atoms with Crippen LogP contribution in [0.5, 0.6) is 0 Å². The van der Waals surface area contributed by atoms with Crippen LogP contribution in [-0.4, -0.2) is 28.7 Å². The van der Waals surface area contributed by atoms with Crippen LogP contribution in [-0.2, 0) is 4.74 Å². The molecule has 1 N–H and O–H groups in total. The van der Waals surface area contributed by atoms with Gasteiger partial charge in [-0.25, -0.2) is 9.97 Å². The minimum absolute atomic E-state index is 0.350. The summed E-state index contributed by atoms with van der Waals surface area (Å²) in [4.78, 5) is 8.01. The zero-order valence-electron chi connectivity index (χ0n) is 8.31. The lowest BCUT2D eigenvalue weighted by molar-refractivity contribution is 0.0232. The molecule has 14 heavy (non-hydrogen) atoms. The maximum absolute atomic E-state index is 5.47. The first-order valence-corrected chi connectivity index (χ1v) is 4.99. The fourth-order valence-corrected chi connectivity index (χ4v) is 1.71. The summed E-state index contributed by atoms with van der Waals surface area (Å²) in [6, 6.07) is 2.37. The minimum Gasteiger partial charge on any atom is -0.378 e. The van der Waals surface area contributed by atoms with Gasteiger partial charge < -0.3 is 10.1 Å². The van der Waals surface area contributed by atoms with Gasteiger partial charge in [0.1, 0.15) is 12.1 Å². The van der Waals surface area contributed by atoms with Crippen molar-refractivity contribution >= 4 is 5.82 Å².